The second kappa shape index (κ2) is 4.23. The highest BCUT2D eigenvalue weighted by molar-refractivity contribution is 6.58. The van der Waals surface area contributed by atoms with E-state index >= 15 is 0 Å². The van der Waals surface area contributed by atoms with Gasteiger partial charge in [0, 0.05) is 0 Å². The Labute approximate surface area is 112 Å². The molecular weight excluding hydrogens is 235 g/mol. The quantitative estimate of drug-likeness (QED) is 0.681. The summed E-state index contributed by atoms with van der Waals surface area (Å²) in [6, 6.07) is 11.4. The summed E-state index contributed by atoms with van der Waals surface area (Å²) in [5, 5.41) is 18.6. The molecule has 3 rings (SSSR count). The standard InChI is InChI=1S/C16H13BO2/c1-3-11-5-4-6-14-15-9-12(17(18)19)7-8-13(15)10(2)16(11)14/h3-9,18-19H,1-2H2. The summed E-state index contributed by atoms with van der Waals surface area (Å²) in [5.74, 6) is 0. The predicted molar refractivity (Wildman–Crippen MR) is 79.9 cm³/mol. The van der Waals surface area contributed by atoms with E-state index in [4.69, 9.17) is 0 Å². The van der Waals surface area contributed by atoms with Crippen molar-refractivity contribution in [2.45, 2.75) is 0 Å². The Morgan fingerprint density at radius 2 is 1.79 bits per heavy atom. The zero-order valence-electron chi connectivity index (χ0n) is 10.4. The van der Waals surface area contributed by atoms with Gasteiger partial charge in [-0.15, -0.1) is 0 Å². The van der Waals surface area contributed by atoms with Crippen molar-refractivity contribution < 1.29 is 10.0 Å². The van der Waals surface area contributed by atoms with Gasteiger partial charge in [0.15, 0.2) is 0 Å². The van der Waals surface area contributed by atoms with E-state index in [0.717, 1.165) is 33.4 Å². The van der Waals surface area contributed by atoms with Crippen molar-refractivity contribution >= 4 is 24.2 Å². The van der Waals surface area contributed by atoms with Crippen LogP contribution < -0.4 is 5.46 Å². The first-order valence-electron chi connectivity index (χ1n) is 6.09. The van der Waals surface area contributed by atoms with Crippen LogP contribution in [0, 0.1) is 0 Å². The van der Waals surface area contributed by atoms with Gasteiger partial charge in [0.1, 0.15) is 0 Å². The smallest absolute Gasteiger partial charge is 0.423 e. The molecule has 0 radical (unpaired) electrons. The van der Waals surface area contributed by atoms with Crippen LogP contribution in [0.3, 0.4) is 0 Å². The third-order valence-electron chi connectivity index (χ3n) is 3.58. The molecule has 2 aromatic rings. The topological polar surface area (TPSA) is 40.5 Å². The lowest BCUT2D eigenvalue weighted by Crippen LogP contribution is -2.29. The fourth-order valence-corrected chi connectivity index (χ4v) is 2.64. The summed E-state index contributed by atoms with van der Waals surface area (Å²) in [4.78, 5) is 0. The highest BCUT2D eigenvalue weighted by Gasteiger charge is 2.25. The van der Waals surface area contributed by atoms with Gasteiger partial charge in [0.2, 0.25) is 0 Å². The zero-order valence-corrected chi connectivity index (χ0v) is 10.4. The average Bonchev–Trinajstić information content (AvgIpc) is 2.72. The largest absolute Gasteiger partial charge is 0.488 e. The van der Waals surface area contributed by atoms with Crippen molar-refractivity contribution in [1.82, 2.24) is 0 Å². The molecule has 0 aliphatic heterocycles. The Morgan fingerprint density at radius 3 is 2.47 bits per heavy atom. The molecule has 1 aliphatic carbocycles. The normalized spacial score (nSPS) is 12.0. The Hall–Kier alpha value is -2.10. The molecule has 0 unspecified atom stereocenters. The van der Waals surface area contributed by atoms with Crippen LogP contribution >= 0.6 is 0 Å². The Kier molecular flexibility index (Phi) is 2.66. The minimum absolute atomic E-state index is 0.489. The molecule has 0 amide bonds. The van der Waals surface area contributed by atoms with Crippen LogP contribution in [0.25, 0.3) is 22.8 Å². The van der Waals surface area contributed by atoms with Crippen LogP contribution in [0.1, 0.15) is 16.7 Å². The van der Waals surface area contributed by atoms with Crippen molar-refractivity contribution in [1.29, 1.82) is 0 Å². The Bertz CT molecular complexity index is 702. The van der Waals surface area contributed by atoms with Crippen molar-refractivity contribution in [3.05, 3.63) is 66.2 Å². The van der Waals surface area contributed by atoms with E-state index in [0.29, 0.717) is 5.46 Å². The molecule has 3 heteroatoms. The van der Waals surface area contributed by atoms with Crippen molar-refractivity contribution in [2.24, 2.45) is 0 Å². The maximum atomic E-state index is 9.29. The first kappa shape index (κ1) is 12.0. The van der Waals surface area contributed by atoms with E-state index in [1.165, 1.54) is 0 Å². The monoisotopic (exact) mass is 248 g/mol. The maximum Gasteiger partial charge on any atom is 0.488 e. The minimum Gasteiger partial charge on any atom is -0.423 e. The SMILES string of the molecule is C=Cc1cccc2c1C(=C)c1ccc(B(O)O)cc1-2. The van der Waals surface area contributed by atoms with Crippen LogP contribution in [-0.2, 0) is 0 Å². The molecular formula is C16H13BO2. The van der Waals surface area contributed by atoms with Crippen molar-refractivity contribution in [3.8, 4) is 11.1 Å². The lowest BCUT2D eigenvalue weighted by Gasteiger charge is -2.05. The molecule has 0 bridgehead atoms. The van der Waals surface area contributed by atoms with Gasteiger partial charge >= 0.3 is 7.12 Å². The zero-order chi connectivity index (χ0) is 13.6. The third-order valence-corrected chi connectivity index (χ3v) is 3.58. The Morgan fingerprint density at radius 1 is 1.00 bits per heavy atom. The van der Waals surface area contributed by atoms with Crippen molar-refractivity contribution in [3.63, 3.8) is 0 Å². The van der Waals surface area contributed by atoms with E-state index in [1.807, 2.05) is 36.4 Å². The lowest BCUT2D eigenvalue weighted by atomic mass is 9.78. The van der Waals surface area contributed by atoms with Gasteiger partial charge in [-0.05, 0) is 38.9 Å². The summed E-state index contributed by atoms with van der Waals surface area (Å²) < 4.78 is 0. The molecule has 92 valence electrons. The van der Waals surface area contributed by atoms with Gasteiger partial charge in [-0.1, -0.05) is 55.6 Å². The van der Waals surface area contributed by atoms with E-state index in [1.54, 1.807) is 6.07 Å². The lowest BCUT2D eigenvalue weighted by molar-refractivity contribution is 0.426. The van der Waals surface area contributed by atoms with Gasteiger partial charge in [-0.25, -0.2) is 0 Å². The number of fused-ring (bicyclic) bond motifs is 3. The van der Waals surface area contributed by atoms with Crippen LogP contribution in [0.2, 0.25) is 0 Å². The maximum absolute atomic E-state index is 9.29. The molecule has 0 saturated carbocycles. The van der Waals surface area contributed by atoms with Gasteiger partial charge < -0.3 is 10.0 Å². The molecule has 0 fully saturated rings. The fraction of sp³-hybridized carbons (Fsp3) is 0. The molecule has 2 aromatic carbocycles. The molecule has 0 aromatic heterocycles. The summed E-state index contributed by atoms with van der Waals surface area (Å²) in [5.41, 5.74) is 6.67. The van der Waals surface area contributed by atoms with Crippen molar-refractivity contribution in [2.75, 3.05) is 0 Å². The number of hydrogen-bond acceptors (Lipinski definition) is 2. The second-order valence-corrected chi connectivity index (χ2v) is 4.63. The summed E-state index contributed by atoms with van der Waals surface area (Å²) >= 11 is 0. The molecule has 1 aliphatic rings. The Balaban J connectivity index is 2.30. The number of benzene rings is 2. The second-order valence-electron chi connectivity index (χ2n) is 4.63. The molecule has 2 N–H and O–H groups in total. The van der Waals surface area contributed by atoms with E-state index in [-0.39, 0.29) is 0 Å². The fourth-order valence-electron chi connectivity index (χ4n) is 2.64. The minimum atomic E-state index is -1.45. The third kappa shape index (κ3) is 1.67. The van der Waals surface area contributed by atoms with E-state index < -0.39 is 7.12 Å². The van der Waals surface area contributed by atoms with Crippen LogP contribution in [0.15, 0.2) is 49.6 Å². The molecule has 0 heterocycles. The highest BCUT2D eigenvalue weighted by Crippen LogP contribution is 2.44. The molecule has 19 heavy (non-hydrogen) atoms. The molecule has 0 atom stereocenters. The van der Waals surface area contributed by atoms with E-state index in [2.05, 4.69) is 13.2 Å². The first-order chi connectivity index (χ1) is 9.13. The highest BCUT2D eigenvalue weighted by atomic mass is 16.4. The summed E-state index contributed by atoms with van der Waals surface area (Å²) in [7, 11) is -1.45. The van der Waals surface area contributed by atoms with Gasteiger partial charge in [-0.2, -0.15) is 0 Å². The van der Waals surface area contributed by atoms with Crippen LogP contribution in [0.4, 0.5) is 0 Å². The van der Waals surface area contributed by atoms with Gasteiger partial charge in [0.25, 0.3) is 0 Å². The number of hydrogen-bond donors (Lipinski definition) is 2. The van der Waals surface area contributed by atoms with Gasteiger partial charge in [0.05, 0.1) is 0 Å². The average molecular weight is 248 g/mol. The van der Waals surface area contributed by atoms with Crippen LogP contribution in [0.5, 0.6) is 0 Å². The summed E-state index contributed by atoms with van der Waals surface area (Å²) in [6.07, 6.45) is 1.82. The first-order valence-corrected chi connectivity index (χ1v) is 6.09. The molecule has 0 saturated heterocycles. The predicted octanol–water partition coefficient (Wildman–Crippen LogP) is 2.05. The summed E-state index contributed by atoms with van der Waals surface area (Å²) in [6.45, 7) is 7.98. The van der Waals surface area contributed by atoms with E-state index in [9.17, 15) is 10.0 Å². The molecule has 2 nitrogen and oxygen atoms in total. The number of rotatable bonds is 2. The van der Waals surface area contributed by atoms with Gasteiger partial charge in [-0.3, -0.25) is 0 Å². The van der Waals surface area contributed by atoms with Crippen LogP contribution in [-0.4, -0.2) is 17.2 Å². The molecule has 0 spiro atoms.